The second-order valence-corrected chi connectivity index (χ2v) is 5.44. The van der Waals surface area contributed by atoms with E-state index in [1.165, 1.54) is 13.2 Å². The van der Waals surface area contributed by atoms with E-state index < -0.39 is 4.92 Å². The molecule has 1 aromatic carbocycles. The van der Waals surface area contributed by atoms with Crippen LogP contribution >= 0.6 is 0 Å². The van der Waals surface area contributed by atoms with E-state index in [0.717, 1.165) is 5.56 Å². The summed E-state index contributed by atoms with van der Waals surface area (Å²) >= 11 is 0. The Bertz CT molecular complexity index is 438. The van der Waals surface area contributed by atoms with Gasteiger partial charge in [-0.3, -0.25) is 10.1 Å². The molecule has 1 rings (SSSR count). The maximum Gasteiger partial charge on any atom is 0.310 e. The third kappa shape index (κ3) is 3.43. The Morgan fingerprint density at radius 3 is 2.50 bits per heavy atom. The van der Waals surface area contributed by atoms with Gasteiger partial charge in [-0.1, -0.05) is 26.8 Å². The number of rotatable bonds is 4. The molecule has 0 spiro atoms. The number of hydrogen-bond donors (Lipinski definition) is 1. The molecule has 0 aliphatic carbocycles. The first-order valence-corrected chi connectivity index (χ1v) is 5.82. The minimum absolute atomic E-state index is 0.00495. The maximum absolute atomic E-state index is 10.8. The van der Waals surface area contributed by atoms with Crippen molar-refractivity contribution in [2.75, 3.05) is 7.11 Å². The average molecular weight is 252 g/mol. The summed E-state index contributed by atoms with van der Waals surface area (Å²) in [5.74, 6) is 0.276. The molecule has 0 radical (unpaired) electrons. The summed E-state index contributed by atoms with van der Waals surface area (Å²) in [5, 5.41) is 10.8. The Kier molecular flexibility index (Phi) is 4.29. The zero-order valence-electron chi connectivity index (χ0n) is 11.3. The molecule has 1 atom stereocenters. The predicted octanol–water partition coefficient (Wildman–Crippen LogP) is 2.52. The lowest BCUT2D eigenvalue weighted by molar-refractivity contribution is -0.385. The van der Waals surface area contributed by atoms with Gasteiger partial charge < -0.3 is 10.5 Å². The summed E-state index contributed by atoms with van der Waals surface area (Å²) < 4.78 is 5.03. The van der Waals surface area contributed by atoms with Gasteiger partial charge in [0.25, 0.3) is 0 Å². The SMILES string of the molecule is COc1cc(CC(N)C(C)(C)C)ccc1[N+](=O)[O-]. The number of nitro benzene ring substituents is 1. The highest BCUT2D eigenvalue weighted by Gasteiger charge is 2.22. The van der Waals surface area contributed by atoms with Crippen molar-refractivity contribution in [1.82, 2.24) is 0 Å². The number of nitrogens with two attached hydrogens (primary N) is 1. The van der Waals surface area contributed by atoms with E-state index in [9.17, 15) is 10.1 Å². The van der Waals surface area contributed by atoms with E-state index in [0.29, 0.717) is 6.42 Å². The molecule has 100 valence electrons. The van der Waals surface area contributed by atoms with E-state index in [1.807, 2.05) is 0 Å². The Labute approximate surface area is 107 Å². The van der Waals surface area contributed by atoms with Gasteiger partial charge in [0.15, 0.2) is 5.75 Å². The van der Waals surface area contributed by atoms with Crippen LogP contribution in [0.4, 0.5) is 5.69 Å². The normalized spacial score (nSPS) is 13.2. The number of nitrogens with zero attached hydrogens (tertiary/aromatic N) is 1. The fraction of sp³-hybridized carbons (Fsp3) is 0.538. The Balaban J connectivity index is 2.96. The quantitative estimate of drug-likeness (QED) is 0.659. The lowest BCUT2D eigenvalue weighted by Gasteiger charge is -2.27. The third-order valence-electron chi connectivity index (χ3n) is 3.01. The smallest absolute Gasteiger partial charge is 0.310 e. The average Bonchev–Trinajstić information content (AvgIpc) is 2.27. The second-order valence-electron chi connectivity index (χ2n) is 5.44. The van der Waals surface area contributed by atoms with Crippen LogP contribution in [0.25, 0.3) is 0 Å². The minimum Gasteiger partial charge on any atom is -0.490 e. The molecule has 0 heterocycles. The van der Waals surface area contributed by atoms with Crippen molar-refractivity contribution in [3.63, 3.8) is 0 Å². The van der Waals surface area contributed by atoms with Gasteiger partial charge in [-0.15, -0.1) is 0 Å². The van der Waals surface area contributed by atoms with Crippen LogP contribution in [0.3, 0.4) is 0 Å². The summed E-state index contributed by atoms with van der Waals surface area (Å²) in [7, 11) is 1.43. The third-order valence-corrected chi connectivity index (χ3v) is 3.01. The van der Waals surface area contributed by atoms with Gasteiger partial charge >= 0.3 is 5.69 Å². The van der Waals surface area contributed by atoms with Gasteiger partial charge in [0, 0.05) is 12.1 Å². The van der Waals surface area contributed by atoms with Crippen LogP contribution in [0.1, 0.15) is 26.3 Å². The molecule has 0 aromatic heterocycles. The molecular formula is C13H20N2O3. The number of ether oxygens (including phenoxy) is 1. The van der Waals surface area contributed by atoms with Gasteiger partial charge in [0.05, 0.1) is 12.0 Å². The van der Waals surface area contributed by atoms with Gasteiger partial charge in [0.2, 0.25) is 0 Å². The largest absolute Gasteiger partial charge is 0.490 e. The zero-order chi connectivity index (χ0) is 13.9. The standard InChI is InChI=1S/C13H20N2O3/c1-13(2,3)12(14)8-9-5-6-10(15(16)17)11(7-9)18-4/h5-7,12H,8,14H2,1-4H3. The lowest BCUT2D eigenvalue weighted by Crippen LogP contribution is -2.36. The van der Waals surface area contributed by atoms with Crippen LogP contribution in [-0.4, -0.2) is 18.1 Å². The number of methoxy groups -OCH3 is 1. The molecule has 18 heavy (non-hydrogen) atoms. The van der Waals surface area contributed by atoms with E-state index >= 15 is 0 Å². The Hall–Kier alpha value is -1.62. The number of nitro groups is 1. The Morgan fingerprint density at radius 2 is 2.06 bits per heavy atom. The fourth-order valence-corrected chi connectivity index (χ4v) is 1.56. The molecule has 1 aromatic rings. The summed E-state index contributed by atoms with van der Waals surface area (Å²) in [5.41, 5.74) is 7.01. The van der Waals surface area contributed by atoms with Crippen molar-refractivity contribution in [3.8, 4) is 5.75 Å². The van der Waals surface area contributed by atoms with Gasteiger partial charge in [-0.05, 0) is 23.5 Å². The molecule has 5 heteroatoms. The van der Waals surface area contributed by atoms with Crippen LogP contribution in [0.2, 0.25) is 0 Å². The maximum atomic E-state index is 10.8. The fourth-order valence-electron chi connectivity index (χ4n) is 1.56. The van der Waals surface area contributed by atoms with Crippen LogP contribution in [0.15, 0.2) is 18.2 Å². The summed E-state index contributed by atoms with van der Waals surface area (Å²) in [6.45, 7) is 6.21. The molecule has 0 aliphatic heterocycles. The van der Waals surface area contributed by atoms with Crippen molar-refractivity contribution in [1.29, 1.82) is 0 Å². The topological polar surface area (TPSA) is 78.4 Å². The lowest BCUT2D eigenvalue weighted by atomic mass is 9.84. The first-order chi connectivity index (χ1) is 8.25. The molecule has 2 N–H and O–H groups in total. The van der Waals surface area contributed by atoms with Crippen LogP contribution in [0, 0.1) is 15.5 Å². The molecular weight excluding hydrogens is 232 g/mol. The monoisotopic (exact) mass is 252 g/mol. The van der Waals surface area contributed by atoms with Gasteiger partial charge in [-0.25, -0.2) is 0 Å². The second kappa shape index (κ2) is 5.35. The zero-order valence-corrected chi connectivity index (χ0v) is 11.3. The van der Waals surface area contributed by atoms with Crippen molar-refractivity contribution in [2.24, 2.45) is 11.1 Å². The summed E-state index contributed by atoms with van der Waals surface area (Å²) in [6, 6.07) is 4.86. The van der Waals surface area contributed by atoms with Crippen molar-refractivity contribution in [3.05, 3.63) is 33.9 Å². The number of benzene rings is 1. The van der Waals surface area contributed by atoms with Crippen molar-refractivity contribution < 1.29 is 9.66 Å². The summed E-state index contributed by atoms with van der Waals surface area (Å²) in [4.78, 5) is 10.3. The van der Waals surface area contributed by atoms with Crippen LogP contribution < -0.4 is 10.5 Å². The molecule has 5 nitrogen and oxygen atoms in total. The molecule has 0 aliphatic rings. The number of hydrogen-bond acceptors (Lipinski definition) is 4. The van der Waals surface area contributed by atoms with E-state index in [4.69, 9.17) is 10.5 Å². The van der Waals surface area contributed by atoms with Crippen molar-refractivity contribution >= 4 is 5.69 Å². The highest BCUT2D eigenvalue weighted by atomic mass is 16.6. The molecule has 1 unspecified atom stereocenters. The molecule has 0 bridgehead atoms. The van der Waals surface area contributed by atoms with Crippen molar-refractivity contribution in [2.45, 2.75) is 33.2 Å². The molecule has 0 saturated carbocycles. The van der Waals surface area contributed by atoms with E-state index in [2.05, 4.69) is 20.8 Å². The van der Waals surface area contributed by atoms with Gasteiger partial charge in [0.1, 0.15) is 0 Å². The highest BCUT2D eigenvalue weighted by molar-refractivity contribution is 5.48. The van der Waals surface area contributed by atoms with Crippen LogP contribution in [-0.2, 0) is 6.42 Å². The molecule has 0 saturated heterocycles. The molecule has 0 fully saturated rings. The van der Waals surface area contributed by atoms with E-state index in [1.54, 1.807) is 12.1 Å². The Morgan fingerprint density at radius 1 is 1.44 bits per heavy atom. The molecule has 0 amide bonds. The van der Waals surface area contributed by atoms with Crippen LogP contribution in [0.5, 0.6) is 5.75 Å². The van der Waals surface area contributed by atoms with E-state index in [-0.39, 0.29) is 22.9 Å². The first-order valence-electron chi connectivity index (χ1n) is 5.82. The van der Waals surface area contributed by atoms with Gasteiger partial charge in [-0.2, -0.15) is 0 Å². The highest BCUT2D eigenvalue weighted by Crippen LogP contribution is 2.29. The predicted molar refractivity (Wildman–Crippen MR) is 70.8 cm³/mol. The first kappa shape index (κ1) is 14.4. The summed E-state index contributed by atoms with van der Waals surface area (Å²) in [6.07, 6.45) is 0.665. The minimum atomic E-state index is -0.452.